The van der Waals surface area contributed by atoms with E-state index < -0.39 is 0 Å². The number of hydrogen-bond donors (Lipinski definition) is 2. The van der Waals surface area contributed by atoms with Gasteiger partial charge in [0, 0.05) is 17.4 Å². The van der Waals surface area contributed by atoms with Crippen LogP contribution >= 0.6 is 11.8 Å². The van der Waals surface area contributed by atoms with Gasteiger partial charge < -0.3 is 24.8 Å². The van der Waals surface area contributed by atoms with Gasteiger partial charge in [0.15, 0.2) is 11.5 Å². The molecule has 0 saturated heterocycles. The van der Waals surface area contributed by atoms with Gasteiger partial charge in [-0.05, 0) is 43.3 Å². The monoisotopic (exact) mass is 404 g/mol. The van der Waals surface area contributed by atoms with Gasteiger partial charge in [-0.25, -0.2) is 0 Å². The highest BCUT2D eigenvalue weighted by atomic mass is 32.2. The van der Waals surface area contributed by atoms with E-state index in [1.54, 1.807) is 56.7 Å². The van der Waals surface area contributed by atoms with E-state index in [2.05, 4.69) is 10.6 Å². The lowest BCUT2D eigenvalue weighted by atomic mass is 10.2. The molecule has 0 aliphatic carbocycles. The predicted molar refractivity (Wildman–Crippen MR) is 112 cm³/mol. The molecule has 7 nitrogen and oxygen atoms in total. The second kappa shape index (κ2) is 11.1. The molecule has 2 aromatic rings. The van der Waals surface area contributed by atoms with Crippen molar-refractivity contribution in [3.8, 4) is 17.2 Å². The second-order valence-corrected chi connectivity index (χ2v) is 6.60. The molecule has 2 amide bonds. The highest BCUT2D eigenvalue weighted by Crippen LogP contribution is 2.30. The van der Waals surface area contributed by atoms with E-state index in [1.165, 1.54) is 11.8 Å². The number of carbonyl (C=O) groups excluding carboxylic acids is 2. The van der Waals surface area contributed by atoms with Gasteiger partial charge in [-0.1, -0.05) is 0 Å². The molecule has 2 rings (SSSR count). The van der Waals surface area contributed by atoms with Gasteiger partial charge in [-0.3, -0.25) is 9.59 Å². The van der Waals surface area contributed by atoms with Gasteiger partial charge in [0.05, 0.1) is 32.3 Å². The summed E-state index contributed by atoms with van der Waals surface area (Å²) in [4.78, 5) is 24.0. The molecule has 0 atom stereocenters. The molecule has 0 aliphatic heterocycles. The van der Waals surface area contributed by atoms with Crippen LogP contribution in [0.3, 0.4) is 0 Å². The Morgan fingerprint density at radius 1 is 0.857 bits per heavy atom. The molecular formula is C20H24N2O5S. The number of hydrogen-bond acceptors (Lipinski definition) is 6. The number of nitrogens with one attached hydrogen (secondary N) is 2. The first-order valence-corrected chi connectivity index (χ1v) is 9.83. The summed E-state index contributed by atoms with van der Waals surface area (Å²) < 4.78 is 15.8. The van der Waals surface area contributed by atoms with Crippen LogP contribution < -0.4 is 24.8 Å². The van der Waals surface area contributed by atoms with E-state index in [4.69, 9.17) is 14.2 Å². The molecule has 0 unspecified atom stereocenters. The Kier molecular flexibility index (Phi) is 8.48. The first-order chi connectivity index (χ1) is 13.5. The summed E-state index contributed by atoms with van der Waals surface area (Å²) in [7, 11) is 3.12. The summed E-state index contributed by atoms with van der Waals surface area (Å²) in [5.41, 5.74) is 1.28. The minimum atomic E-state index is -0.200. The zero-order valence-corrected chi connectivity index (χ0v) is 16.9. The van der Waals surface area contributed by atoms with Crippen molar-refractivity contribution in [3.05, 3.63) is 42.5 Å². The maximum atomic E-state index is 12.1. The standard InChI is InChI=1S/C20H24N2O5S/c1-4-27-17-10-7-15(11-18(17)26-3)22-20(24)13-28-12-19(23)21-14-5-8-16(25-2)9-6-14/h5-11H,4,12-13H2,1-3H3,(H,21,23)(H,22,24). The Balaban J connectivity index is 1.76. The Bertz CT molecular complexity index is 796. The van der Waals surface area contributed by atoms with Crippen molar-refractivity contribution in [3.63, 3.8) is 0 Å². The van der Waals surface area contributed by atoms with Crippen molar-refractivity contribution in [2.45, 2.75) is 6.92 Å². The van der Waals surface area contributed by atoms with Gasteiger partial charge >= 0.3 is 0 Å². The van der Waals surface area contributed by atoms with Crippen molar-refractivity contribution in [1.82, 2.24) is 0 Å². The van der Waals surface area contributed by atoms with Gasteiger partial charge in [0.25, 0.3) is 0 Å². The summed E-state index contributed by atoms with van der Waals surface area (Å²) in [6.07, 6.45) is 0. The molecule has 28 heavy (non-hydrogen) atoms. The minimum Gasteiger partial charge on any atom is -0.497 e. The van der Waals surface area contributed by atoms with Gasteiger partial charge in [0.1, 0.15) is 5.75 Å². The first kappa shape index (κ1) is 21.4. The van der Waals surface area contributed by atoms with E-state index in [0.29, 0.717) is 29.5 Å². The SMILES string of the molecule is CCOc1ccc(NC(=O)CSCC(=O)Nc2ccc(OC)cc2)cc1OC. The van der Waals surface area contributed by atoms with Crippen LogP contribution in [0.5, 0.6) is 17.2 Å². The number of ether oxygens (including phenoxy) is 3. The number of carbonyl (C=O) groups is 2. The minimum absolute atomic E-state index is 0.158. The molecule has 0 heterocycles. The van der Waals surface area contributed by atoms with E-state index in [1.807, 2.05) is 6.92 Å². The smallest absolute Gasteiger partial charge is 0.234 e. The average Bonchev–Trinajstić information content (AvgIpc) is 2.69. The molecule has 0 aromatic heterocycles. The summed E-state index contributed by atoms with van der Waals surface area (Å²) in [5, 5.41) is 5.55. The fourth-order valence-corrected chi connectivity index (χ4v) is 2.94. The zero-order chi connectivity index (χ0) is 20.4. The highest BCUT2D eigenvalue weighted by molar-refractivity contribution is 8.00. The number of anilines is 2. The van der Waals surface area contributed by atoms with Crippen molar-refractivity contribution < 1.29 is 23.8 Å². The van der Waals surface area contributed by atoms with Crippen LogP contribution in [0.1, 0.15) is 6.92 Å². The topological polar surface area (TPSA) is 85.9 Å². The lowest BCUT2D eigenvalue weighted by Gasteiger charge is -2.11. The normalized spacial score (nSPS) is 10.1. The largest absolute Gasteiger partial charge is 0.497 e. The van der Waals surface area contributed by atoms with Crippen LogP contribution in [-0.4, -0.2) is 44.1 Å². The Morgan fingerprint density at radius 2 is 1.46 bits per heavy atom. The summed E-state index contributed by atoms with van der Waals surface area (Å²) in [5.74, 6) is 1.84. The van der Waals surface area contributed by atoms with E-state index in [0.717, 1.165) is 5.75 Å². The van der Waals surface area contributed by atoms with Gasteiger partial charge in [0.2, 0.25) is 11.8 Å². The lowest BCUT2D eigenvalue weighted by molar-refractivity contribution is -0.114. The zero-order valence-electron chi connectivity index (χ0n) is 16.1. The van der Waals surface area contributed by atoms with Crippen LogP contribution in [-0.2, 0) is 9.59 Å². The fraction of sp³-hybridized carbons (Fsp3) is 0.300. The third-order valence-electron chi connectivity index (χ3n) is 3.59. The third kappa shape index (κ3) is 6.70. The number of rotatable bonds is 10. The number of methoxy groups -OCH3 is 2. The number of thioether (sulfide) groups is 1. The molecule has 8 heteroatoms. The number of benzene rings is 2. The molecule has 0 radical (unpaired) electrons. The average molecular weight is 404 g/mol. The predicted octanol–water partition coefficient (Wildman–Crippen LogP) is 3.41. The second-order valence-electron chi connectivity index (χ2n) is 5.62. The molecule has 0 saturated carbocycles. The molecule has 0 spiro atoms. The first-order valence-electron chi connectivity index (χ1n) is 8.68. The molecule has 0 bridgehead atoms. The molecule has 0 fully saturated rings. The van der Waals surface area contributed by atoms with E-state index in [-0.39, 0.29) is 23.3 Å². The number of amides is 2. The Morgan fingerprint density at radius 3 is 2.04 bits per heavy atom. The van der Waals surface area contributed by atoms with Crippen LogP contribution in [0, 0.1) is 0 Å². The van der Waals surface area contributed by atoms with Crippen molar-refractivity contribution >= 4 is 35.0 Å². The Labute approximate surface area is 168 Å². The molecule has 0 aliphatic rings. The van der Waals surface area contributed by atoms with Gasteiger partial charge in [-0.2, -0.15) is 0 Å². The maximum Gasteiger partial charge on any atom is 0.234 e. The van der Waals surface area contributed by atoms with Crippen molar-refractivity contribution in [1.29, 1.82) is 0 Å². The molecule has 2 N–H and O–H groups in total. The summed E-state index contributed by atoms with van der Waals surface area (Å²) >= 11 is 1.23. The molecule has 150 valence electrons. The van der Waals surface area contributed by atoms with Crippen molar-refractivity contribution in [2.75, 3.05) is 43.0 Å². The van der Waals surface area contributed by atoms with Crippen LogP contribution in [0.15, 0.2) is 42.5 Å². The van der Waals surface area contributed by atoms with Crippen molar-refractivity contribution in [2.24, 2.45) is 0 Å². The lowest BCUT2D eigenvalue weighted by Crippen LogP contribution is -2.18. The quantitative estimate of drug-likeness (QED) is 0.631. The Hall–Kier alpha value is -2.87. The maximum absolute atomic E-state index is 12.1. The third-order valence-corrected chi connectivity index (χ3v) is 4.52. The van der Waals surface area contributed by atoms with Crippen LogP contribution in [0.25, 0.3) is 0 Å². The fourth-order valence-electron chi connectivity index (χ4n) is 2.33. The molecular weight excluding hydrogens is 380 g/mol. The summed E-state index contributed by atoms with van der Waals surface area (Å²) in [6.45, 7) is 2.41. The van der Waals surface area contributed by atoms with E-state index in [9.17, 15) is 9.59 Å². The van der Waals surface area contributed by atoms with Crippen LogP contribution in [0.4, 0.5) is 11.4 Å². The van der Waals surface area contributed by atoms with E-state index >= 15 is 0 Å². The van der Waals surface area contributed by atoms with Gasteiger partial charge in [-0.15, -0.1) is 11.8 Å². The molecule has 2 aromatic carbocycles. The summed E-state index contributed by atoms with van der Waals surface area (Å²) in [6, 6.07) is 12.2. The van der Waals surface area contributed by atoms with Crippen LogP contribution in [0.2, 0.25) is 0 Å². The highest BCUT2D eigenvalue weighted by Gasteiger charge is 2.09.